The average Bonchev–Trinajstić information content (AvgIpc) is 3.25. The molecule has 2 aromatic heterocycles. The van der Waals surface area contributed by atoms with E-state index in [9.17, 15) is 4.79 Å². The van der Waals surface area contributed by atoms with Crippen molar-refractivity contribution in [2.75, 3.05) is 18.0 Å². The Morgan fingerprint density at radius 1 is 1.23 bits per heavy atom. The van der Waals surface area contributed by atoms with Crippen molar-refractivity contribution in [2.24, 2.45) is 0 Å². The summed E-state index contributed by atoms with van der Waals surface area (Å²) in [6.45, 7) is 3.62. The van der Waals surface area contributed by atoms with Crippen LogP contribution in [0, 0.1) is 0 Å². The van der Waals surface area contributed by atoms with Gasteiger partial charge in [-0.15, -0.1) is 11.3 Å². The summed E-state index contributed by atoms with van der Waals surface area (Å²) in [5.41, 5.74) is 1.02. The number of amides is 1. The Kier molecular flexibility index (Phi) is 3.48. The lowest BCUT2D eigenvalue weighted by atomic mass is 10.0. The molecule has 2 aliphatic heterocycles. The first-order chi connectivity index (χ1) is 10.8. The molecule has 2 fully saturated rings. The lowest BCUT2D eigenvalue weighted by molar-refractivity contribution is -0.129. The minimum absolute atomic E-state index is 0.207. The molecule has 0 aliphatic carbocycles. The van der Waals surface area contributed by atoms with Gasteiger partial charge < -0.3 is 9.80 Å². The topological polar surface area (TPSA) is 49.3 Å². The SMILES string of the molecule is CC(=O)N1CCC[C@@H]1[C@H]1CCCN1c1ncnc2ccsc12. The number of rotatable bonds is 2. The predicted octanol–water partition coefficient (Wildman–Crippen LogP) is 2.67. The fourth-order valence-corrected chi connectivity index (χ4v) is 4.87. The van der Waals surface area contributed by atoms with E-state index in [2.05, 4.69) is 25.1 Å². The molecule has 0 radical (unpaired) electrons. The van der Waals surface area contributed by atoms with Gasteiger partial charge in [0.05, 0.1) is 22.3 Å². The van der Waals surface area contributed by atoms with Gasteiger partial charge in [0, 0.05) is 20.0 Å². The number of hydrogen-bond acceptors (Lipinski definition) is 5. The zero-order valence-corrected chi connectivity index (χ0v) is 13.6. The third-order valence-electron chi connectivity index (χ3n) is 4.94. The van der Waals surface area contributed by atoms with Gasteiger partial charge in [-0.05, 0) is 37.1 Å². The van der Waals surface area contributed by atoms with Gasteiger partial charge in [0.1, 0.15) is 12.1 Å². The van der Waals surface area contributed by atoms with Crippen LogP contribution in [0.3, 0.4) is 0 Å². The maximum atomic E-state index is 11.9. The standard InChI is InChI=1S/C16H20N4OS/c1-11(21)19-7-2-4-13(19)14-5-3-8-20(14)16-15-12(6-9-22-15)17-10-18-16/h6,9-10,13-14H,2-5,7-8H2,1H3/t13-,14-/m1/s1. The van der Waals surface area contributed by atoms with E-state index in [4.69, 9.17) is 0 Å². The molecule has 0 bridgehead atoms. The van der Waals surface area contributed by atoms with Crippen LogP contribution in [0.2, 0.25) is 0 Å². The molecule has 0 spiro atoms. The molecule has 2 saturated heterocycles. The summed E-state index contributed by atoms with van der Waals surface area (Å²) in [5, 5.41) is 2.07. The summed E-state index contributed by atoms with van der Waals surface area (Å²) in [6.07, 6.45) is 6.21. The van der Waals surface area contributed by atoms with Crippen LogP contribution in [0.1, 0.15) is 32.6 Å². The molecule has 0 N–H and O–H groups in total. The lowest BCUT2D eigenvalue weighted by Crippen LogP contribution is -2.48. The maximum Gasteiger partial charge on any atom is 0.219 e. The largest absolute Gasteiger partial charge is 0.350 e. The fraction of sp³-hybridized carbons (Fsp3) is 0.562. The number of fused-ring (bicyclic) bond motifs is 1. The van der Waals surface area contributed by atoms with Crippen LogP contribution in [0.25, 0.3) is 10.2 Å². The first-order valence-corrected chi connectivity index (χ1v) is 8.86. The van der Waals surface area contributed by atoms with Gasteiger partial charge in [0.2, 0.25) is 5.91 Å². The molecule has 2 atom stereocenters. The Balaban J connectivity index is 1.69. The van der Waals surface area contributed by atoms with E-state index >= 15 is 0 Å². The second-order valence-electron chi connectivity index (χ2n) is 6.16. The molecule has 4 heterocycles. The Morgan fingerprint density at radius 2 is 2.05 bits per heavy atom. The second-order valence-corrected chi connectivity index (χ2v) is 7.07. The first-order valence-electron chi connectivity index (χ1n) is 7.98. The average molecular weight is 316 g/mol. The van der Waals surface area contributed by atoms with E-state index < -0.39 is 0 Å². The molecule has 0 unspecified atom stereocenters. The molecule has 22 heavy (non-hydrogen) atoms. The quantitative estimate of drug-likeness (QED) is 0.855. The van der Waals surface area contributed by atoms with E-state index in [-0.39, 0.29) is 5.91 Å². The molecule has 0 aromatic carbocycles. The summed E-state index contributed by atoms with van der Waals surface area (Å²) in [6, 6.07) is 2.78. The fourth-order valence-electron chi connectivity index (χ4n) is 4.02. The highest BCUT2D eigenvalue weighted by Crippen LogP contribution is 2.36. The number of hydrogen-bond donors (Lipinski definition) is 0. The van der Waals surface area contributed by atoms with Gasteiger partial charge in [-0.1, -0.05) is 0 Å². The van der Waals surface area contributed by atoms with Crippen molar-refractivity contribution in [1.82, 2.24) is 14.9 Å². The third-order valence-corrected chi connectivity index (χ3v) is 5.84. The van der Waals surface area contributed by atoms with Gasteiger partial charge in [-0.25, -0.2) is 9.97 Å². The normalized spacial score (nSPS) is 25.3. The third kappa shape index (κ3) is 2.17. The molecule has 0 saturated carbocycles. The van der Waals surface area contributed by atoms with Crippen LogP contribution in [0.15, 0.2) is 17.8 Å². The molecule has 116 valence electrons. The summed E-state index contributed by atoms with van der Waals surface area (Å²) in [4.78, 5) is 25.3. The number of carbonyl (C=O) groups is 1. The number of anilines is 1. The molecule has 6 heteroatoms. The lowest BCUT2D eigenvalue weighted by Gasteiger charge is -2.35. The highest BCUT2D eigenvalue weighted by molar-refractivity contribution is 7.17. The Bertz CT molecular complexity index is 700. The molecule has 4 rings (SSSR count). The van der Waals surface area contributed by atoms with Crippen LogP contribution in [-0.2, 0) is 4.79 Å². The Hall–Kier alpha value is -1.69. The Labute approximate surface area is 134 Å². The number of likely N-dealkylation sites (tertiary alicyclic amines) is 1. The number of aromatic nitrogens is 2. The molecule has 2 aromatic rings. The van der Waals surface area contributed by atoms with Crippen molar-refractivity contribution in [2.45, 2.75) is 44.7 Å². The Morgan fingerprint density at radius 3 is 2.91 bits per heavy atom. The number of thiophene rings is 1. The van der Waals surface area contributed by atoms with Crippen molar-refractivity contribution in [3.05, 3.63) is 17.8 Å². The first kappa shape index (κ1) is 13.9. The highest BCUT2D eigenvalue weighted by atomic mass is 32.1. The van der Waals surface area contributed by atoms with Crippen LogP contribution in [-0.4, -0.2) is 45.9 Å². The van der Waals surface area contributed by atoms with Crippen molar-refractivity contribution in [3.8, 4) is 0 Å². The van der Waals surface area contributed by atoms with Crippen LogP contribution < -0.4 is 4.90 Å². The van der Waals surface area contributed by atoms with Gasteiger partial charge >= 0.3 is 0 Å². The number of nitrogens with zero attached hydrogens (tertiary/aromatic N) is 4. The van der Waals surface area contributed by atoms with Gasteiger partial charge in [-0.2, -0.15) is 0 Å². The predicted molar refractivity (Wildman–Crippen MR) is 88.2 cm³/mol. The molecular weight excluding hydrogens is 296 g/mol. The minimum Gasteiger partial charge on any atom is -0.350 e. The summed E-state index contributed by atoms with van der Waals surface area (Å²) in [7, 11) is 0. The monoisotopic (exact) mass is 316 g/mol. The highest BCUT2D eigenvalue weighted by Gasteiger charge is 2.39. The van der Waals surface area contributed by atoms with Crippen molar-refractivity contribution >= 4 is 33.3 Å². The van der Waals surface area contributed by atoms with Crippen molar-refractivity contribution in [3.63, 3.8) is 0 Å². The van der Waals surface area contributed by atoms with Gasteiger partial charge in [-0.3, -0.25) is 4.79 Å². The molecular formula is C16H20N4OS. The molecule has 1 amide bonds. The smallest absolute Gasteiger partial charge is 0.219 e. The maximum absolute atomic E-state index is 11.9. The van der Waals surface area contributed by atoms with Crippen LogP contribution in [0.5, 0.6) is 0 Å². The van der Waals surface area contributed by atoms with E-state index in [1.54, 1.807) is 24.6 Å². The zero-order valence-electron chi connectivity index (χ0n) is 12.7. The van der Waals surface area contributed by atoms with E-state index in [1.807, 2.05) is 6.07 Å². The minimum atomic E-state index is 0.207. The van der Waals surface area contributed by atoms with Crippen LogP contribution in [0.4, 0.5) is 5.82 Å². The summed E-state index contributed by atoms with van der Waals surface area (Å²) >= 11 is 1.71. The summed E-state index contributed by atoms with van der Waals surface area (Å²) < 4.78 is 1.17. The van der Waals surface area contributed by atoms with Gasteiger partial charge in [0.15, 0.2) is 0 Å². The van der Waals surface area contributed by atoms with Gasteiger partial charge in [0.25, 0.3) is 0 Å². The van der Waals surface area contributed by atoms with E-state index in [0.29, 0.717) is 12.1 Å². The van der Waals surface area contributed by atoms with Crippen molar-refractivity contribution in [1.29, 1.82) is 0 Å². The van der Waals surface area contributed by atoms with E-state index in [0.717, 1.165) is 43.7 Å². The van der Waals surface area contributed by atoms with E-state index in [1.165, 1.54) is 11.1 Å². The zero-order chi connectivity index (χ0) is 15.1. The van der Waals surface area contributed by atoms with Crippen LogP contribution >= 0.6 is 11.3 Å². The number of carbonyl (C=O) groups excluding carboxylic acids is 1. The summed E-state index contributed by atoms with van der Waals surface area (Å²) in [5.74, 6) is 1.26. The second kappa shape index (κ2) is 5.50. The van der Waals surface area contributed by atoms with Crippen molar-refractivity contribution < 1.29 is 4.79 Å². The molecule has 2 aliphatic rings. The molecule has 5 nitrogen and oxygen atoms in total.